The van der Waals surface area contributed by atoms with Gasteiger partial charge in [0.25, 0.3) is 5.91 Å². The van der Waals surface area contributed by atoms with Crippen LogP contribution in [-0.2, 0) is 11.3 Å². The maximum Gasteiger partial charge on any atom is 0.272 e. The number of halogens is 2. The second-order valence-corrected chi connectivity index (χ2v) is 8.84. The van der Waals surface area contributed by atoms with Gasteiger partial charge in [0, 0.05) is 30.1 Å². The second kappa shape index (κ2) is 8.19. The molecule has 0 aliphatic carbocycles. The van der Waals surface area contributed by atoms with Crippen molar-refractivity contribution in [2.24, 2.45) is 0 Å². The smallest absolute Gasteiger partial charge is 0.272 e. The number of nitrogens with zero attached hydrogens (tertiary/aromatic N) is 2. The van der Waals surface area contributed by atoms with E-state index in [1.165, 1.54) is 0 Å². The summed E-state index contributed by atoms with van der Waals surface area (Å²) in [6.07, 6.45) is 1.68. The molecule has 2 bridgehead atoms. The Balaban J connectivity index is 1.28. The lowest BCUT2D eigenvalue weighted by molar-refractivity contribution is -0.0843. The minimum Gasteiger partial charge on any atom is -0.378 e. The van der Waals surface area contributed by atoms with Gasteiger partial charge in [0.1, 0.15) is 0 Å². The lowest BCUT2D eigenvalue weighted by atomic mass is 9.89. The number of H-pyrrole nitrogens is 1. The standard InChI is InChI=1S/C22H22Cl2N4O2/c23-18-6-5-13(7-19(18)24)10-28-15-8-14(9-16(28)12-30-11-15)25-22(29)21-17-3-1-2-4-20(17)26-27-21/h1-7,14-16H,8-12H2,(H,25,29)(H,26,27)/t14-,15-,16+. The number of aromatic amines is 1. The van der Waals surface area contributed by atoms with E-state index in [2.05, 4.69) is 20.4 Å². The largest absolute Gasteiger partial charge is 0.378 e. The number of fused-ring (bicyclic) bond motifs is 3. The van der Waals surface area contributed by atoms with Gasteiger partial charge in [-0.3, -0.25) is 14.8 Å². The lowest BCUT2D eigenvalue weighted by Crippen LogP contribution is -2.60. The normalized spacial score (nSPS) is 24.1. The summed E-state index contributed by atoms with van der Waals surface area (Å²) < 4.78 is 5.81. The molecule has 2 aliphatic rings. The van der Waals surface area contributed by atoms with Crippen LogP contribution >= 0.6 is 23.2 Å². The van der Waals surface area contributed by atoms with E-state index < -0.39 is 0 Å². The first kappa shape index (κ1) is 19.8. The molecule has 30 heavy (non-hydrogen) atoms. The number of para-hydroxylation sites is 1. The van der Waals surface area contributed by atoms with Gasteiger partial charge in [0.05, 0.1) is 28.8 Å². The molecule has 8 heteroatoms. The van der Waals surface area contributed by atoms with Crippen molar-refractivity contribution in [1.82, 2.24) is 20.4 Å². The maximum atomic E-state index is 12.9. The fourth-order valence-electron chi connectivity index (χ4n) is 4.60. The van der Waals surface area contributed by atoms with E-state index in [9.17, 15) is 4.79 Å². The van der Waals surface area contributed by atoms with Crippen LogP contribution in [0.3, 0.4) is 0 Å². The van der Waals surface area contributed by atoms with E-state index in [1.807, 2.05) is 42.5 Å². The zero-order chi connectivity index (χ0) is 20.7. The third-order valence-corrected chi connectivity index (χ3v) is 6.78. The summed E-state index contributed by atoms with van der Waals surface area (Å²) in [7, 11) is 0. The van der Waals surface area contributed by atoms with Gasteiger partial charge < -0.3 is 10.1 Å². The summed E-state index contributed by atoms with van der Waals surface area (Å²) in [5, 5.41) is 12.3. The van der Waals surface area contributed by atoms with Crippen LogP contribution in [0.25, 0.3) is 10.9 Å². The Kier molecular flexibility index (Phi) is 5.41. The molecule has 2 N–H and O–H groups in total. The number of amides is 1. The molecule has 2 fully saturated rings. The molecular formula is C22H22Cl2N4O2. The summed E-state index contributed by atoms with van der Waals surface area (Å²) in [4.78, 5) is 15.4. The average Bonchev–Trinajstić information content (AvgIpc) is 3.15. The fourth-order valence-corrected chi connectivity index (χ4v) is 4.93. The predicted octanol–water partition coefficient (Wildman–Crippen LogP) is 4.03. The van der Waals surface area contributed by atoms with Crippen LogP contribution < -0.4 is 5.32 Å². The van der Waals surface area contributed by atoms with Crippen LogP contribution in [0.5, 0.6) is 0 Å². The quantitative estimate of drug-likeness (QED) is 0.636. The van der Waals surface area contributed by atoms with E-state index in [1.54, 1.807) is 0 Å². The van der Waals surface area contributed by atoms with Crippen LogP contribution in [0.15, 0.2) is 42.5 Å². The van der Waals surface area contributed by atoms with E-state index in [4.69, 9.17) is 27.9 Å². The Morgan fingerprint density at radius 3 is 2.67 bits per heavy atom. The van der Waals surface area contributed by atoms with Gasteiger partial charge in [-0.2, -0.15) is 5.10 Å². The number of nitrogens with one attached hydrogen (secondary N) is 2. The molecule has 3 heterocycles. The molecule has 0 spiro atoms. The molecule has 156 valence electrons. The molecule has 6 nitrogen and oxygen atoms in total. The highest BCUT2D eigenvalue weighted by molar-refractivity contribution is 6.42. The monoisotopic (exact) mass is 444 g/mol. The number of benzene rings is 2. The molecule has 2 aromatic carbocycles. The van der Waals surface area contributed by atoms with Gasteiger partial charge in [-0.15, -0.1) is 0 Å². The predicted molar refractivity (Wildman–Crippen MR) is 117 cm³/mol. The van der Waals surface area contributed by atoms with Crippen LogP contribution in [0.4, 0.5) is 0 Å². The molecule has 2 aliphatic heterocycles. The number of carbonyl (C=O) groups is 1. The van der Waals surface area contributed by atoms with Gasteiger partial charge in [-0.05, 0) is 36.6 Å². The first-order chi connectivity index (χ1) is 14.6. The van der Waals surface area contributed by atoms with Crippen molar-refractivity contribution in [3.05, 3.63) is 63.8 Å². The molecule has 1 amide bonds. The Labute approximate surface area is 184 Å². The van der Waals surface area contributed by atoms with Gasteiger partial charge >= 0.3 is 0 Å². The molecule has 0 saturated carbocycles. The van der Waals surface area contributed by atoms with Gasteiger partial charge in [0.15, 0.2) is 5.69 Å². The summed E-state index contributed by atoms with van der Waals surface area (Å²) >= 11 is 12.2. The van der Waals surface area contributed by atoms with Crippen LogP contribution in [0.2, 0.25) is 10.0 Å². The Bertz CT molecular complexity index is 1070. The highest BCUT2D eigenvalue weighted by Crippen LogP contribution is 2.31. The molecule has 1 aromatic heterocycles. The third kappa shape index (κ3) is 3.81. The molecule has 0 radical (unpaired) electrons. The first-order valence-electron chi connectivity index (χ1n) is 10.1. The van der Waals surface area contributed by atoms with Crippen molar-refractivity contribution in [2.75, 3.05) is 13.2 Å². The van der Waals surface area contributed by atoms with Crippen molar-refractivity contribution < 1.29 is 9.53 Å². The number of morpholine rings is 1. The number of hydrogen-bond acceptors (Lipinski definition) is 4. The Morgan fingerprint density at radius 2 is 1.90 bits per heavy atom. The number of hydrogen-bond donors (Lipinski definition) is 2. The van der Waals surface area contributed by atoms with Crippen molar-refractivity contribution in [3.8, 4) is 0 Å². The number of carbonyl (C=O) groups excluding carboxylic acids is 1. The number of aromatic nitrogens is 2. The molecule has 5 rings (SSSR count). The van der Waals surface area contributed by atoms with Crippen molar-refractivity contribution in [1.29, 1.82) is 0 Å². The van der Waals surface area contributed by atoms with Crippen LogP contribution in [-0.4, -0.2) is 52.3 Å². The highest BCUT2D eigenvalue weighted by Gasteiger charge is 2.39. The lowest BCUT2D eigenvalue weighted by Gasteiger charge is -2.48. The van der Waals surface area contributed by atoms with Crippen molar-refractivity contribution >= 4 is 40.0 Å². The molecular weight excluding hydrogens is 423 g/mol. The van der Waals surface area contributed by atoms with Crippen molar-refractivity contribution in [2.45, 2.75) is 37.5 Å². The van der Waals surface area contributed by atoms with Crippen LogP contribution in [0.1, 0.15) is 28.9 Å². The minimum absolute atomic E-state index is 0.0944. The number of rotatable bonds is 4. The van der Waals surface area contributed by atoms with Gasteiger partial charge in [-0.25, -0.2) is 0 Å². The molecule has 2 saturated heterocycles. The second-order valence-electron chi connectivity index (χ2n) is 8.03. The van der Waals surface area contributed by atoms with E-state index in [-0.39, 0.29) is 24.0 Å². The first-order valence-corrected chi connectivity index (χ1v) is 10.9. The molecule has 3 atom stereocenters. The van der Waals surface area contributed by atoms with Crippen LogP contribution in [0, 0.1) is 0 Å². The van der Waals surface area contributed by atoms with E-state index in [0.717, 1.165) is 35.9 Å². The zero-order valence-corrected chi connectivity index (χ0v) is 17.8. The highest BCUT2D eigenvalue weighted by atomic mass is 35.5. The SMILES string of the molecule is O=C(N[C@H]1C[C@H]2COC[C@@H](C1)N2Cc1ccc(Cl)c(Cl)c1)c1n[nH]c2ccccc12. The van der Waals surface area contributed by atoms with Gasteiger partial charge in [0.2, 0.25) is 0 Å². The van der Waals surface area contributed by atoms with E-state index in [0.29, 0.717) is 29.0 Å². The fraction of sp³-hybridized carbons (Fsp3) is 0.364. The zero-order valence-electron chi connectivity index (χ0n) is 16.3. The topological polar surface area (TPSA) is 70.2 Å². The summed E-state index contributed by atoms with van der Waals surface area (Å²) in [5.41, 5.74) is 2.45. The average molecular weight is 445 g/mol. The summed E-state index contributed by atoms with van der Waals surface area (Å²) in [6, 6.07) is 14.0. The van der Waals surface area contributed by atoms with Crippen molar-refractivity contribution in [3.63, 3.8) is 0 Å². The van der Waals surface area contributed by atoms with Gasteiger partial charge in [-0.1, -0.05) is 47.5 Å². The Hall–Kier alpha value is -2.12. The molecule has 3 aromatic rings. The third-order valence-electron chi connectivity index (χ3n) is 6.04. The molecule has 0 unspecified atom stereocenters. The number of piperidine rings is 1. The minimum atomic E-state index is -0.130. The summed E-state index contributed by atoms with van der Waals surface area (Å²) in [6.45, 7) is 2.12. The summed E-state index contributed by atoms with van der Waals surface area (Å²) in [5.74, 6) is -0.130. The maximum absolute atomic E-state index is 12.9. The Morgan fingerprint density at radius 1 is 1.13 bits per heavy atom. The number of ether oxygens (including phenoxy) is 1. The van der Waals surface area contributed by atoms with E-state index >= 15 is 0 Å².